The number of amides is 1. The first-order valence-electron chi connectivity index (χ1n) is 8.56. The fourth-order valence-corrected chi connectivity index (χ4v) is 5.65. The highest BCUT2D eigenvalue weighted by atomic mass is 79.9. The van der Waals surface area contributed by atoms with Crippen LogP contribution in [0.3, 0.4) is 0 Å². The number of thiophene rings is 1. The molecular weight excluding hydrogens is 460 g/mol. The van der Waals surface area contributed by atoms with E-state index in [-0.39, 0.29) is 16.0 Å². The minimum absolute atomic E-state index is 0.195. The van der Waals surface area contributed by atoms with Crippen molar-refractivity contribution >= 4 is 48.9 Å². The standard InChI is InChI=1S/C20H19BrN2O3S2/c1-14(15-5-3-2-4-6-15)13-22-20(24)16-7-9-17(10-8-16)23-28(25,26)19-12-11-18(21)27-19/h2-12,14,23H,13H2,1H3,(H,22,24). The number of benzene rings is 2. The van der Waals surface area contributed by atoms with Gasteiger partial charge < -0.3 is 5.32 Å². The van der Waals surface area contributed by atoms with Gasteiger partial charge in [-0.15, -0.1) is 11.3 Å². The second-order valence-corrected chi connectivity index (χ2v) is 10.6. The van der Waals surface area contributed by atoms with E-state index < -0.39 is 10.0 Å². The average Bonchev–Trinajstić information content (AvgIpc) is 3.14. The zero-order valence-corrected chi connectivity index (χ0v) is 18.3. The van der Waals surface area contributed by atoms with E-state index in [1.54, 1.807) is 30.3 Å². The van der Waals surface area contributed by atoms with Gasteiger partial charge in [0.25, 0.3) is 15.9 Å². The SMILES string of the molecule is CC(CNC(=O)c1ccc(NS(=O)(=O)c2ccc(Br)s2)cc1)c1ccccc1. The smallest absolute Gasteiger partial charge is 0.271 e. The molecule has 0 aliphatic heterocycles. The molecule has 3 rings (SSSR count). The lowest BCUT2D eigenvalue weighted by Crippen LogP contribution is -2.27. The van der Waals surface area contributed by atoms with Gasteiger partial charge in [-0.3, -0.25) is 9.52 Å². The van der Waals surface area contributed by atoms with Crippen molar-refractivity contribution in [2.75, 3.05) is 11.3 Å². The minimum Gasteiger partial charge on any atom is -0.351 e. The van der Waals surface area contributed by atoms with Crippen LogP contribution in [0, 0.1) is 0 Å². The Morgan fingerprint density at radius 3 is 2.32 bits per heavy atom. The molecule has 0 radical (unpaired) electrons. The molecule has 1 atom stereocenters. The number of carbonyl (C=O) groups excluding carboxylic acids is 1. The third-order valence-corrected chi connectivity index (χ3v) is 7.65. The topological polar surface area (TPSA) is 75.3 Å². The average molecular weight is 479 g/mol. The van der Waals surface area contributed by atoms with Crippen molar-refractivity contribution in [3.8, 4) is 0 Å². The van der Waals surface area contributed by atoms with Crippen molar-refractivity contribution < 1.29 is 13.2 Å². The molecule has 0 bridgehead atoms. The van der Waals surface area contributed by atoms with Crippen LogP contribution in [0.5, 0.6) is 0 Å². The molecule has 0 saturated heterocycles. The van der Waals surface area contributed by atoms with Gasteiger partial charge in [0, 0.05) is 17.8 Å². The molecule has 2 N–H and O–H groups in total. The summed E-state index contributed by atoms with van der Waals surface area (Å²) in [5.74, 6) is 0.000674. The van der Waals surface area contributed by atoms with Gasteiger partial charge >= 0.3 is 0 Å². The molecule has 0 spiro atoms. The first-order valence-corrected chi connectivity index (χ1v) is 11.7. The molecule has 0 fully saturated rings. The summed E-state index contributed by atoms with van der Waals surface area (Å²) in [5, 5.41) is 2.91. The van der Waals surface area contributed by atoms with E-state index in [9.17, 15) is 13.2 Å². The molecule has 3 aromatic rings. The summed E-state index contributed by atoms with van der Waals surface area (Å²) in [5.41, 5.74) is 2.04. The summed E-state index contributed by atoms with van der Waals surface area (Å²) in [6.07, 6.45) is 0. The van der Waals surface area contributed by atoms with Crippen molar-refractivity contribution in [1.29, 1.82) is 0 Å². The van der Waals surface area contributed by atoms with Crippen LogP contribution in [0.1, 0.15) is 28.8 Å². The monoisotopic (exact) mass is 478 g/mol. The lowest BCUT2D eigenvalue weighted by molar-refractivity contribution is 0.0951. The van der Waals surface area contributed by atoms with Crippen LogP contribution in [-0.2, 0) is 10.0 Å². The van der Waals surface area contributed by atoms with Gasteiger partial charge in [0.1, 0.15) is 4.21 Å². The lowest BCUT2D eigenvalue weighted by atomic mass is 10.0. The van der Waals surface area contributed by atoms with Crippen LogP contribution in [0.2, 0.25) is 0 Å². The highest BCUT2D eigenvalue weighted by molar-refractivity contribution is 9.11. The molecule has 8 heteroatoms. The normalized spacial score (nSPS) is 12.4. The fraction of sp³-hybridized carbons (Fsp3) is 0.150. The Bertz CT molecular complexity index is 1050. The molecule has 5 nitrogen and oxygen atoms in total. The van der Waals surface area contributed by atoms with E-state index in [4.69, 9.17) is 0 Å². The van der Waals surface area contributed by atoms with Gasteiger partial charge in [0.15, 0.2) is 0 Å². The fourth-order valence-electron chi connectivity index (χ4n) is 2.58. The molecule has 2 aromatic carbocycles. The van der Waals surface area contributed by atoms with Gasteiger partial charge in [0.05, 0.1) is 3.79 Å². The van der Waals surface area contributed by atoms with Crippen LogP contribution in [-0.4, -0.2) is 20.9 Å². The molecular formula is C20H19BrN2O3S2. The number of hydrogen-bond donors (Lipinski definition) is 2. The maximum absolute atomic E-state index is 12.3. The maximum Gasteiger partial charge on any atom is 0.271 e. The number of carbonyl (C=O) groups is 1. The van der Waals surface area contributed by atoms with Gasteiger partial charge in [-0.2, -0.15) is 0 Å². The quantitative estimate of drug-likeness (QED) is 0.509. The molecule has 146 valence electrons. The zero-order chi connectivity index (χ0) is 20.1. The van der Waals surface area contributed by atoms with E-state index in [0.717, 1.165) is 20.7 Å². The second-order valence-electron chi connectivity index (χ2n) is 6.26. The van der Waals surface area contributed by atoms with Crippen LogP contribution in [0.15, 0.2) is 74.7 Å². The first kappa shape index (κ1) is 20.6. The molecule has 1 unspecified atom stereocenters. The Morgan fingerprint density at radius 1 is 1.04 bits per heavy atom. The molecule has 1 aromatic heterocycles. The number of hydrogen-bond acceptors (Lipinski definition) is 4. The molecule has 0 saturated carbocycles. The maximum atomic E-state index is 12.3. The Labute approximate surface area is 177 Å². The predicted molar refractivity (Wildman–Crippen MR) is 116 cm³/mol. The van der Waals surface area contributed by atoms with Crippen molar-refractivity contribution in [1.82, 2.24) is 5.32 Å². The van der Waals surface area contributed by atoms with E-state index in [1.165, 1.54) is 6.07 Å². The first-order chi connectivity index (χ1) is 13.3. The van der Waals surface area contributed by atoms with E-state index in [1.807, 2.05) is 30.3 Å². The molecule has 28 heavy (non-hydrogen) atoms. The Balaban J connectivity index is 1.60. The predicted octanol–water partition coefficient (Wildman–Crippen LogP) is 4.84. The van der Waals surface area contributed by atoms with E-state index >= 15 is 0 Å². The van der Waals surface area contributed by atoms with Crippen LogP contribution >= 0.6 is 27.3 Å². The summed E-state index contributed by atoms with van der Waals surface area (Å²) in [7, 11) is -3.64. The molecule has 1 heterocycles. The van der Waals surface area contributed by atoms with Gasteiger partial charge in [-0.25, -0.2) is 8.42 Å². The molecule has 1 amide bonds. The summed E-state index contributed by atoms with van der Waals surface area (Å²) >= 11 is 4.39. The molecule has 0 aliphatic rings. The van der Waals surface area contributed by atoms with Crippen molar-refractivity contribution in [2.45, 2.75) is 17.1 Å². The number of sulfonamides is 1. The van der Waals surface area contributed by atoms with Crippen LogP contribution in [0.25, 0.3) is 0 Å². The van der Waals surface area contributed by atoms with Crippen molar-refractivity contribution in [3.63, 3.8) is 0 Å². The van der Waals surface area contributed by atoms with Crippen LogP contribution in [0.4, 0.5) is 5.69 Å². The Kier molecular flexibility index (Phi) is 6.53. The van der Waals surface area contributed by atoms with Gasteiger partial charge in [-0.1, -0.05) is 37.3 Å². The van der Waals surface area contributed by atoms with Crippen molar-refractivity contribution in [3.05, 3.63) is 81.6 Å². The highest BCUT2D eigenvalue weighted by Gasteiger charge is 2.17. The summed E-state index contributed by atoms with van der Waals surface area (Å²) < 4.78 is 28.2. The Morgan fingerprint density at radius 2 is 1.71 bits per heavy atom. The number of halogens is 1. The third kappa shape index (κ3) is 5.21. The highest BCUT2D eigenvalue weighted by Crippen LogP contribution is 2.27. The van der Waals surface area contributed by atoms with E-state index in [2.05, 4.69) is 32.9 Å². The third-order valence-electron chi connectivity index (χ3n) is 4.15. The number of rotatable bonds is 7. The molecule has 0 aliphatic carbocycles. The summed E-state index contributed by atoms with van der Waals surface area (Å²) in [6, 6.07) is 19.6. The van der Waals surface area contributed by atoms with Gasteiger partial charge in [0.2, 0.25) is 0 Å². The summed E-state index contributed by atoms with van der Waals surface area (Å²) in [6.45, 7) is 2.57. The van der Waals surface area contributed by atoms with Gasteiger partial charge in [-0.05, 0) is 63.8 Å². The number of anilines is 1. The second kappa shape index (κ2) is 8.89. The number of nitrogens with one attached hydrogen (secondary N) is 2. The van der Waals surface area contributed by atoms with Crippen LogP contribution < -0.4 is 10.0 Å². The largest absolute Gasteiger partial charge is 0.351 e. The minimum atomic E-state index is -3.64. The van der Waals surface area contributed by atoms with Crippen molar-refractivity contribution in [2.24, 2.45) is 0 Å². The summed E-state index contributed by atoms with van der Waals surface area (Å²) in [4.78, 5) is 12.3. The van der Waals surface area contributed by atoms with E-state index in [0.29, 0.717) is 17.8 Å². The zero-order valence-electron chi connectivity index (χ0n) is 15.1. The Hall–Kier alpha value is -2.16. The lowest BCUT2D eigenvalue weighted by Gasteiger charge is -2.13.